The molecule has 0 aromatic heterocycles. The van der Waals surface area contributed by atoms with Gasteiger partial charge in [-0.1, -0.05) is 0 Å². The third-order valence-electron chi connectivity index (χ3n) is 1.14. The van der Waals surface area contributed by atoms with E-state index < -0.39 is 24.6 Å². The number of alkyl halides is 7. The number of nitrogens with two attached hydrogens (primary N) is 1. The van der Waals surface area contributed by atoms with Gasteiger partial charge in [-0.3, -0.25) is 11.3 Å². The Bertz CT molecular complexity index is 174. The van der Waals surface area contributed by atoms with E-state index in [0.29, 0.717) is 0 Å². The summed E-state index contributed by atoms with van der Waals surface area (Å²) in [7, 11) is 0. The van der Waals surface area contributed by atoms with E-state index in [2.05, 4.69) is 5.84 Å². The Kier molecular flexibility index (Phi) is 3.15. The molecular formula is C4H5F7N2. The summed E-state index contributed by atoms with van der Waals surface area (Å²) in [5.74, 6) is -7.13. The molecule has 0 aromatic carbocycles. The largest absolute Gasteiger partial charge is 0.459 e. The lowest BCUT2D eigenvalue weighted by Crippen LogP contribution is -2.57. The van der Waals surface area contributed by atoms with Crippen LogP contribution in [0.25, 0.3) is 0 Å². The normalized spacial score (nSPS) is 14.8. The molecule has 3 N–H and O–H groups in total. The Morgan fingerprint density at radius 1 is 0.923 bits per heavy atom. The second kappa shape index (κ2) is 3.29. The number of nitrogens with one attached hydrogen (secondary N) is 1. The molecule has 0 bridgehead atoms. The van der Waals surface area contributed by atoms with Gasteiger partial charge in [0.25, 0.3) is 0 Å². The molecule has 0 amide bonds. The van der Waals surface area contributed by atoms with E-state index >= 15 is 0 Å². The summed E-state index contributed by atoms with van der Waals surface area (Å²) in [6.07, 6.45) is -6.30. The lowest BCUT2D eigenvalue weighted by Gasteiger charge is -2.27. The van der Waals surface area contributed by atoms with Crippen molar-refractivity contribution in [1.82, 2.24) is 5.43 Å². The third-order valence-corrected chi connectivity index (χ3v) is 1.14. The SMILES string of the molecule is NNCC(F)(F)C(F)(F)C(F)(F)F. The molecule has 0 aromatic rings. The monoisotopic (exact) mass is 214 g/mol. The van der Waals surface area contributed by atoms with E-state index in [0.717, 1.165) is 5.43 Å². The van der Waals surface area contributed by atoms with Crippen LogP contribution >= 0.6 is 0 Å². The molecular weight excluding hydrogens is 209 g/mol. The Morgan fingerprint density at radius 2 is 1.31 bits per heavy atom. The standard InChI is InChI=1S/C4H5F7N2/c5-2(6,1-13-12)3(7,8)4(9,10)11/h13H,1,12H2. The first-order valence-corrected chi connectivity index (χ1v) is 2.82. The summed E-state index contributed by atoms with van der Waals surface area (Å²) in [6.45, 7) is -1.96. The number of hydrazine groups is 1. The van der Waals surface area contributed by atoms with Crippen molar-refractivity contribution in [1.29, 1.82) is 0 Å². The van der Waals surface area contributed by atoms with Crippen molar-refractivity contribution in [3.05, 3.63) is 0 Å². The molecule has 2 nitrogen and oxygen atoms in total. The fraction of sp³-hybridized carbons (Fsp3) is 1.00. The molecule has 80 valence electrons. The van der Waals surface area contributed by atoms with Crippen LogP contribution in [0.4, 0.5) is 30.7 Å². The predicted octanol–water partition coefficient (Wildman–Crippen LogP) is 1.28. The van der Waals surface area contributed by atoms with Crippen molar-refractivity contribution < 1.29 is 30.7 Å². The van der Waals surface area contributed by atoms with Crippen LogP contribution in [0.15, 0.2) is 0 Å². The van der Waals surface area contributed by atoms with Gasteiger partial charge in [-0.25, -0.2) is 0 Å². The van der Waals surface area contributed by atoms with Crippen molar-refractivity contribution in [2.75, 3.05) is 6.54 Å². The van der Waals surface area contributed by atoms with Gasteiger partial charge in [0, 0.05) is 0 Å². The lowest BCUT2D eigenvalue weighted by molar-refractivity contribution is -0.352. The molecule has 0 atom stereocenters. The summed E-state index contributed by atoms with van der Waals surface area (Å²) in [5, 5.41) is 0. The van der Waals surface area contributed by atoms with Gasteiger partial charge in [0.1, 0.15) is 0 Å². The van der Waals surface area contributed by atoms with Gasteiger partial charge in [-0.2, -0.15) is 30.7 Å². The highest BCUT2D eigenvalue weighted by molar-refractivity contribution is 4.91. The van der Waals surface area contributed by atoms with Crippen molar-refractivity contribution in [2.24, 2.45) is 5.84 Å². The minimum atomic E-state index is -6.30. The lowest BCUT2D eigenvalue weighted by atomic mass is 10.1. The molecule has 0 saturated heterocycles. The van der Waals surface area contributed by atoms with E-state index in [1.165, 1.54) is 0 Å². The zero-order chi connectivity index (χ0) is 10.9. The minimum Gasteiger partial charge on any atom is -0.271 e. The molecule has 13 heavy (non-hydrogen) atoms. The fourth-order valence-electron chi connectivity index (χ4n) is 0.447. The van der Waals surface area contributed by atoms with Gasteiger partial charge >= 0.3 is 18.0 Å². The molecule has 0 unspecified atom stereocenters. The highest BCUT2D eigenvalue weighted by atomic mass is 19.4. The molecule has 0 heterocycles. The summed E-state index contributed by atoms with van der Waals surface area (Å²) in [4.78, 5) is 0. The van der Waals surface area contributed by atoms with Gasteiger partial charge in [0.05, 0.1) is 6.54 Å². The topological polar surface area (TPSA) is 38.0 Å². The number of hydrogen-bond donors (Lipinski definition) is 2. The minimum absolute atomic E-state index is 1.06. The Hall–Kier alpha value is -0.570. The molecule has 0 rings (SSSR count). The van der Waals surface area contributed by atoms with Crippen molar-refractivity contribution in [3.63, 3.8) is 0 Å². The van der Waals surface area contributed by atoms with Crippen molar-refractivity contribution in [3.8, 4) is 0 Å². The Labute approximate surface area is 67.9 Å². The smallest absolute Gasteiger partial charge is 0.271 e. The first-order valence-electron chi connectivity index (χ1n) is 2.82. The molecule has 0 fully saturated rings. The van der Waals surface area contributed by atoms with Crippen molar-refractivity contribution in [2.45, 2.75) is 18.0 Å². The molecule has 0 radical (unpaired) electrons. The second-order valence-corrected chi connectivity index (χ2v) is 2.16. The highest BCUT2D eigenvalue weighted by Gasteiger charge is 2.72. The number of rotatable bonds is 3. The first-order chi connectivity index (χ1) is 5.56. The molecule has 0 saturated carbocycles. The zero-order valence-electron chi connectivity index (χ0n) is 5.93. The van der Waals surface area contributed by atoms with E-state index in [1.807, 2.05) is 0 Å². The van der Waals surface area contributed by atoms with Gasteiger partial charge in [-0.05, 0) is 0 Å². The first kappa shape index (κ1) is 12.4. The number of halogens is 7. The van der Waals surface area contributed by atoms with Crippen LogP contribution in [0.5, 0.6) is 0 Å². The van der Waals surface area contributed by atoms with E-state index in [9.17, 15) is 30.7 Å². The Morgan fingerprint density at radius 3 is 1.54 bits per heavy atom. The summed E-state index contributed by atoms with van der Waals surface area (Å²) < 4.78 is 82.1. The van der Waals surface area contributed by atoms with Crippen LogP contribution in [0.3, 0.4) is 0 Å². The highest BCUT2D eigenvalue weighted by Crippen LogP contribution is 2.45. The summed E-state index contributed by atoms with van der Waals surface area (Å²) in [5.41, 5.74) is 1.06. The van der Waals surface area contributed by atoms with Crippen LogP contribution in [0.2, 0.25) is 0 Å². The van der Waals surface area contributed by atoms with Gasteiger partial charge in [-0.15, -0.1) is 0 Å². The van der Waals surface area contributed by atoms with Crippen LogP contribution in [-0.2, 0) is 0 Å². The molecule has 0 aliphatic rings. The van der Waals surface area contributed by atoms with Crippen LogP contribution < -0.4 is 11.3 Å². The van der Waals surface area contributed by atoms with E-state index in [4.69, 9.17) is 0 Å². The van der Waals surface area contributed by atoms with E-state index in [1.54, 1.807) is 0 Å². The zero-order valence-corrected chi connectivity index (χ0v) is 5.93. The van der Waals surface area contributed by atoms with Crippen LogP contribution in [0.1, 0.15) is 0 Å². The second-order valence-electron chi connectivity index (χ2n) is 2.16. The molecule has 9 heteroatoms. The fourth-order valence-corrected chi connectivity index (χ4v) is 0.447. The van der Waals surface area contributed by atoms with Crippen LogP contribution in [-0.4, -0.2) is 24.6 Å². The maximum atomic E-state index is 12.1. The van der Waals surface area contributed by atoms with Crippen molar-refractivity contribution >= 4 is 0 Å². The maximum absolute atomic E-state index is 12.1. The molecule has 0 spiro atoms. The van der Waals surface area contributed by atoms with Gasteiger partial charge in [0.15, 0.2) is 0 Å². The molecule has 0 aliphatic carbocycles. The van der Waals surface area contributed by atoms with Gasteiger partial charge < -0.3 is 0 Å². The Balaban J connectivity index is 4.81. The molecule has 0 aliphatic heterocycles. The predicted molar refractivity (Wildman–Crippen MR) is 28.1 cm³/mol. The van der Waals surface area contributed by atoms with Gasteiger partial charge in [0.2, 0.25) is 0 Å². The summed E-state index contributed by atoms with van der Waals surface area (Å²) >= 11 is 0. The van der Waals surface area contributed by atoms with E-state index in [-0.39, 0.29) is 0 Å². The maximum Gasteiger partial charge on any atom is 0.459 e. The van der Waals surface area contributed by atoms with Crippen LogP contribution in [0, 0.1) is 0 Å². The average molecular weight is 214 g/mol. The number of hydrogen-bond acceptors (Lipinski definition) is 2. The summed E-state index contributed by atoms with van der Waals surface area (Å²) in [6, 6.07) is 0. The average Bonchev–Trinajstić information content (AvgIpc) is 1.84. The third kappa shape index (κ3) is 2.21. The quantitative estimate of drug-likeness (QED) is 0.422.